The van der Waals surface area contributed by atoms with Crippen LogP contribution in [0.25, 0.3) is 0 Å². The van der Waals surface area contributed by atoms with Gasteiger partial charge in [0.25, 0.3) is 0 Å². The van der Waals surface area contributed by atoms with Crippen LogP contribution in [0.1, 0.15) is 12.8 Å². The number of hydrogen-bond acceptors (Lipinski definition) is 4. The lowest BCUT2D eigenvalue weighted by molar-refractivity contribution is -0.123. The third-order valence-electron chi connectivity index (χ3n) is 2.96. The Morgan fingerprint density at radius 3 is 2.46 bits per heavy atom. The number of fused-ring (bicyclic) bond motifs is 1. The molecule has 0 radical (unpaired) electrons. The normalized spacial score (nSPS) is 45.2. The van der Waals surface area contributed by atoms with Crippen molar-refractivity contribution in [2.45, 2.75) is 37.0 Å². The molecule has 1 amide bonds. The number of amides is 1. The van der Waals surface area contributed by atoms with E-state index in [0.29, 0.717) is 12.6 Å². The molecule has 0 bridgehead atoms. The van der Waals surface area contributed by atoms with E-state index in [1.165, 1.54) is 0 Å². The number of carbonyl (C=O) groups is 1. The van der Waals surface area contributed by atoms with E-state index in [1.807, 2.05) is 0 Å². The monoisotopic (exact) mass is 184 g/mol. The number of rotatable bonds is 0. The van der Waals surface area contributed by atoms with Gasteiger partial charge in [0, 0.05) is 24.2 Å². The summed E-state index contributed by atoms with van der Waals surface area (Å²) in [5, 5.41) is 6.11. The molecule has 6 N–H and O–H groups in total. The average Bonchev–Trinajstić information content (AvgIpc) is 2.08. The van der Waals surface area contributed by atoms with Crippen molar-refractivity contribution >= 4 is 5.91 Å². The van der Waals surface area contributed by atoms with Gasteiger partial charge in [0.2, 0.25) is 5.91 Å². The second kappa shape index (κ2) is 3.25. The van der Waals surface area contributed by atoms with E-state index in [9.17, 15) is 4.79 Å². The van der Waals surface area contributed by atoms with Gasteiger partial charge in [-0.3, -0.25) is 4.79 Å². The summed E-state index contributed by atoms with van der Waals surface area (Å²) < 4.78 is 0. The van der Waals surface area contributed by atoms with Crippen molar-refractivity contribution in [3.05, 3.63) is 0 Å². The maximum Gasteiger partial charge on any atom is 0.234 e. The van der Waals surface area contributed by atoms with E-state index < -0.39 is 0 Å². The predicted octanol–water partition coefficient (Wildman–Crippen LogP) is -2.11. The third-order valence-corrected chi connectivity index (χ3v) is 2.96. The predicted molar refractivity (Wildman–Crippen MR) is 48.9 cm³/mol. The Labute approximate surface area is 77.2 Å². The van der Waals surface area contributed by atoms with Crippen LogP contribution in [0.5, 0.6) is 0 Å². The molecule has 2 fully saturated rings. The Balaban J connectivity index is 2.02. The minimum absolute atomic E-state index is 0.0152. The van der Waals surface area contributed by atoms with Gasteiger partial charge in [0.1, 0.15) is 0 Å². The second-order valence-electron chi connectivity index (χ2n) is 3.96. The second-order valence-corrected chi connectivity index (χ2v) is 3.96. The van der Waals surface area contributed by atoms with Crippen molar-refractivity contribution in [2.24, 2.45) is 11.5 Å². The zero-order chi connectivity index (χ0) is 9.42. The van der Waals surface area contributed by atoms with Crippen LogP contribution in [0.2, 0.25) is 0 Å². The molecule has 0 aromatic rings. The topological polar surface area (TPSA) is 93.2 Å². The van der Waals surface area contributed by atoms with E-state index in [2.05, 4.69) is 10.6 Å². The molecule has 5 heteroatoms. The van der Waals surface area contributed by atoms with Gasteiger partial charge in [-0.1, -0.05) is 0 Å². The smallest absolute Gasteiger partial charge is 0.234 e. The van der Waals surface area contributed by atoms with E-state index in [-0.39, 0.29) is 24.0 Å². The molecular formula is C8H16N4O. The Kier molecular flexibility index (Phi) is 2.23. The molecule has 13 heavy (non-hydrogen) atoms. The first kappa shape index (κ1) is 8.93. The van der Waals surface area contributed by atoms with Crippen LogP contribution in [0.15, 0.2) is 0 Å². The highest BCUT2D eigenvalue weighted by Gasteiger charge is 2.36. The third kappa shape index (κ3) is 1.67. The molecule has 1 saturated heterocycles. The number of nitrogens with one attached hydrogen (secondary N) is 2. The summed E-state index contributed by atoms with van der Waals surface area (Å²) in [6, 6.07) is 0.564. The fourth-order valence-electron chi connectivity index (χ4n) is 2.13. The van der Waals surface area contributed by atoms with Crippen molar-refractivity contribution in [2.75, 3.05) is 6.54 Å². The van der Waals surface area contributed by atoms with Gasteiger partial charge >= 0.3 is 0 Å². The fourth-order valence-corrected chi connectivity index (χ4v) is 2.13. The number of nitrogens with two attached hydrogens (primary N) is 2. The summed E-state index contributed by atoms with van der Waals surface area (Å²) in [4.78, 5) is 11.1. The van der Waals surface area contributed by atoms with E-state index >= 15 is 0 Å². The molecule has 5 nitrogen and oxygen atoms in total. The highest BCUT2D eigenvalue weighted by Crippen LogP contribution is 2.18. The zero-order valence-corrected chi connectivity index (χ0v) is 7.49. The van der Waals surface area contributed by atoms with E-state index in [1.54, 1.807) is 0 Å². The van der Waals surface area contributed by atoms with Gasteiger partial charge < -0.3 is 22.1 Å². The fraction of sp³-hybridized carbons (Fsp3) is 0.875. The van der Waals surface area contributed by atoms with Gasteiger partial charge in [-0.15, -0.1) is 0 Å². The van der Waals surface area contributed by atoms with Crippen LogP contribution in [0.3, 0.4) is 0 Å². The zero-order valence-electron chi connectivity index (χ0n) is 7.49. The number of piperazine rings is 1. The molecule has 2 rings (SSSR count). The molecule has 1 aliphatic heterocycles. The Morgan fingerprint density at radius 1 is 1.15 bits per heavy atom. The highest BCUT2D eigenvalue weighted by atomic mass is 16.2. The van der Waals surface area contributed by atoms with Gasteiger partial charge in [0.05, 0.1) is 6.54 Å². The van der Waals surface area contributed by atoms with Crippen LogP contribution >= 0.6 is 0 Å². The van der Waals surface area contributed by atoms with Gasteiger partial charge in [0.15, 0.2) is 0 Å². The lowest BCUT2D eigenvalue weighted by Crippen LogP contribution is -2.66. The lowest BCUT2D eigenvalue weighted by atomic mass is 9.83. The average molecular weight is 184 g/mol. The van der Waals surface area contributed by atoms with Crippen LogP contribution in [-0.2, 0) is 4.79 Å². The molecule has 1 aliphatic carbocycles. The van der Waals surface area contributed by atoms with Crippen LogP contribution in [0, 0.1) is 0 Å². The van der Waals surface area contributed by atoms with E-state index in [0.717, 1.165) is 12.8 Å². The molecule has 0 aromatic heterocycles. The molecule has 1 saturated carbocycles. The highest BCUT2D eigenvalue weighted by molar-refractivity contribution is 5.79. The van der Waals surface area contributed by atoms with Crippen molar-refractivity contribution in [1.29, 1.82) is 0 Å². The minimum atomic E-state index is 0.0152. The van der Waals surface area contributed by atoms with Crippen molar-refractivity contribution in [3.63, 3.8) is 0 Å². The van der Waals surface area contributed by atoms with Gasteiger partial charge in [-0.25, -0.2) is 0 Å². The molecule has 1 heterocycles. The van der Waals surface area contributed by atoms with E-state index in [4.69, 9.17) is 11.5 Å². The maximum atomic E-state index is 11.1. The Bertz CT molecular complexity index is 220. The quantitative estimate of drug-likeness (QED) is 0.347. The largest absolute Gasteiger partial charge is 0.351 e. The SMILES string of the molecule is NC1CC2NCC(=O)NC2CC1N. The lowest BCUT2D eigenvalue weighted by Gasteiger charge is -2.41. The van der Waals surface area contributed by atoms with Crippen LogP contribution in [-0.4, -0.2) is 36.6 Å². The summed E-state index contributed by atoms with van der Waals surface area (Å²) in [5.74, 6) is 0.0592. The standard InChI is InChI=1S/C8H16N4O/c9-4-1-6-7(2-5(4)10)12-8(13)3-11-6/h4-7,11H,1-3,9-10H2,(H,12,13). The van der Waals surface area contributed by atoms with Gasteiger partial charge in [-0.2, -0.15) is 0 Å². The van der Waals surface area contributed by atoms with Crippen LogP contribution in [0.4, 0.5) is 0 Å². The van der Waals surface area contributed by atoms with Crippen molar-refractivity contribution < 1.29 is 4.79 Å². The molecular weight excluding hydrogens is 168 g/mol. The summed E-state index contributed by atoms with van der Waals surface area (Å²) in [6.07, 6.45) is 1.64. The van der Waals surface area contributed by atoms with Crippen molar-refractivity contribution in [1.82, 2.24) is 10.6 Å². The summed E-state index contributed by atoms with van der Waals surface area (Å²) >= 11 is 0. The molecule has 74 valence electrons. The Hall–Kier alpha value is -0.650. The minimum Gasteiger partial charge on any atom is -0.351 e. The maximum absolute atomic E-state index is 11.1. The molecule has 4 unspecified atom stereocenters. The molecule has 2 aliphatic rings. The Morgan fingerprint density at radius 2 is 1.77 bits per heavy atom. The first-order valence-electron chi connectivity index (χ1n) is 4.70. The number of hydrogen-bond donors (Lipinski definition) is 4. The first-order chi connectivity index (χ1) is 6.16. The summed E-state index contributed by atoms with van der Waals surface area (Å²) in [5.41, 5.74) is 11.7. The molecule has 0 spiro atoms. The summed E-state index contributed by atoms with van der Waals surface area (Å²) in [7, 11) is 0. The van der Waals surface area contributed by atoms with Gasteiger partial charge in [-0.05, 0) is 12.8 Å². The molecule has 0 aromatic carbocycles. The summed E-state index contributed by atoms with van der Waals surface area (Å²) in [6.45, 7) is 0.406. The van der Waals surface area contributed by atoms with Crippen molar-refractivity contribution in [3.8, 4) is 0 Å². The first-order valence-corrected chi connectivity index (χ1v) is 4.70. The van der Waals surface area contributed by atoms with Crippen LogP contribution < -0.4 is 22.1 Å². The number of carbonyl (C=O) groups excluding carboxylic acids is 1. The molecule has 4 atom stereocenters.